The van der Waals surface area contributed by atoms with Crippen molar-refractivity contribution in [3.63, 3.8) is 0 Å². The van der Waals surface area contributed by atoms with E-state index in [0.29, 0.717) is 31.9 Å². The number of aromatic nitrogens is 3. The smallest absolute Gasteiger partial charge is 0.317 e. The molecule has 0 radical (unpaired) electrons. The van der Waals surface area contributed by atoms with E-state index in [2.05, 4.69) is 10.3 Å². The van der Waals surface area contributed by atoms with Gasteiger partial charge in [0.25, 0.3) is 0 Å². The summed E-state index contributed by atoms with van der Waals surface area (Å²) in [5.74, 6) is -0.916. The summed E-state index contributed by atoms with van der Waals surface area (Å²) in [6.07, 6.45) is -0.0285. The number of hydrogen-bond donors (Lipinski definition) is 1. The van der Waals surface area contributed by atoms with E-state index in [1.165, 1.54) is 0 Å². The van der Waals surface area contributed by atoms with Crippen LogP contribution in [0.4, 0.5) is 0 Å². The van der Waals surface area contributed by atoms with Gasteiger partial charge in [0.15, 0.2) is 0 Å². The van der Waals surface area contributed by atoms with Crippen molar-refractivity contribution in [2.24, 2.45) is 0 Å². The van der Waals surface area contributed by atoms with E-state index in [1.54, 1.807) is 21.5 Å². The maximum atomic E-state index is 12.8. The number of para-hydroxylation sites is 1. The standard InChI is InChI=1S/C19H25N5O4/c1-14-17(20-21-24(14)15-6-4-3-5-7-15)10-18(25)23-8-9-28-16(12-23)11-22(2)13-19(26)27/h3-7,16H,8-13H2,1-2H3,(H,26,27). The Morgan fingerprint density at radius 3 is 2.79 bits per heavy atom. The van der Waals surface area contributed by atoms with Gasteiger partial charge in [0.1, 0.15) is 0 Å². The van der Waals surface area contributed by atoms with Gasteiger partial charge < -0.3 is 14.7 Å². The number of amides is 1. The van der Waals surface area contributed by atoms with Gasteiger partial charge in [0, 0.05) is 19.6 Å². The molecule has 1 amide bonds. The molecule has 3 rings (SSSR count). The van der Waals surface area contributed by atoms with Crippen LogP contribution in [0.25, 0.3) is 5.69 Å². The molecule has 0 spiro atoms. The molecule has 28 heavy (non-hydrogen) atoms. The Labute approximate surface area is 163 Å². The molecule has 9 heteroatoms. The first-order valence-corrected chi connectivity index (χ1v) is 9.20. The van der Waals surface area contributed by atoms with Crippen LogP contribution in [-0.4, -0.2) is 87.7 Å². The van der Waals surface area contributed by atoms with Gasteiger partial charge in [-0.1, -0.05) is 23.4 Å². The topological polar surface area (TPSA) is 101 Å². The molecular formula is C19H25N5O4. The molecule has 1 aliphatic rings. The number of benzene rings is 1. The van der Waals surface area contributed by atoms with Crippen LogP contribution in [0.5, 0.6) is 0 Å². The molecule has 1 saturated heterocycles. The zero-order chi connectivity index (χ0) is 20.1. The van der Waals surface area contributed by atoms with Gasteiger partial charge in [0.2, 0.25) is 5.91 Å². The van der Waals surface area contributed by atoms with Gasteiger partial charge in [-0.05, 0) is 26.1 Å². The Morgan fingerprint density at radius 2 is 2.07 bits per heavy atom. The third kappa shape index (κ3) is 4.93. The molecule has 1 aliphatic heterocycles. The third-order valence-electron chi connectivity index (χ3n) is 4.72. The third-order valence-corrected chi connectivity index (χ3v) is 4.72. The average Bonchev–Trinajstić information content (AvgIpc) is 3.02. The molecule has 9 nitrogen and oxygen atoms in total. The summed E-state index contributed by atoms with van der Waals surface area (Å²) in [5, 5.41) is 17.2. The fraction of sp³-hybridized carbons (Fsp3) is 0.474. The minimum Gasteiger partial charge on any atom is -0.480 e. The minimum absolute atomic E-state index is 0.0302. The monoisotopic (exact) mass is 387 g/mol. The van der Waals surface area contributed by atoms with Gasteiger partial charge in [0.05, 0.1) is 42.8 Å². The molecule has 1 unspecified atom stereocenters. The van der Waals surface area contributed by atoms with E-state index in [1.807, 2.05) is 37.3 Å². The highest BCUT2D eigenvalue weighted by Crippen LogP contribution is 2.14. The minimum atomic E-state index is -0.886. The van der Waals surface area contributed by atoms with Crippen molar-refractivity contribution >= 4 is 11.9 Å². The lowest BCUT2D eigenvalue weighted by molar-refractivity contribution is -0.142. The van der Waals surface area contributed by atoms with E-state index < -0.39 is 5.97 Å². The summed E-state index contributed by atoms with van der Waals surface area (Å²) in [5.41, 5.74) is 2.39. The van der Waals surface area contributed by atoms with Crippen molar-refractivity contribution in [3.8, 4) is 5.69 Å². The summed E-state index contributed by atoms with van der Waals surface area (Å²) >= 11 is 0. The predicted octanol–water partition coefficient (Wildman–Crippen LogP) is 0.362. The molecule has 1 aromatic carbocycles. The second-order valence-corrected chi connectivity index (χ2v) is 6.97. The summed E-state index contributed by atoms with van der Waals surface area (Å²) in [6.45, 7) is 3.69. The van der Waals surface area contributed by atoms with Crippen LogP contribution >= 0.6 is 0 Å². The molecule has 150 valence electrons. The SMILES string of the molecule is Cc1c(CC(=O)N2CCOC(CN(C)CC(=O)O)C2)nnn1-c1ccccc1. The van der Waals surface area contributed by atoms with Crippen molar-refractivity contribution in [2.75, 3.05) is 39.8 Å². The van der Waals surface area contributed by atoms with Gasteiger partial charge >= 0.3 is 5.97 Å². The lowest BCUT2D eigenvalue weighted by atomic mass is 10.2. The van der Waals surface area contributed by atoms with E-state index in [4.69, 9.17) is 9.84 Å². The van der Waals surface area contributed by atoms with Crippen LogP contribution in [0.3, 0.4) is 0 Å². The largest absolute Gasteiger partial charge is 0.480 e. The number of nitrogens with zero attached hydrogens (tertiary/aromatic N) is 5. The first-order valence-electron chi connectivity index (χ1n) is 9.20. The number of morpholine rings is 1. The highest BCUT2D eigenvalue weighted by Gasteiger charge is 2.26. The summed E-state index contributed by atoms with van der Waals surface area (Å²) in [6, 6.07) is 9.66. The van der Waals surface area contributed by atoms with Gasteiger partial charge in [-0.3, -0.25) is 14.5 Å². The number of rotatable bonds is 7. The number of hydrogen-bond acceptors (Lipinski definition) is 6. The highest BCUT2D eigenvalue weighted by atomic mass is 16.5. The van der Waals surface area contributed by atoms with E-state index in [-0.39, 0.29) is 25.0 Å². The maximum Gasteiger partial charge on any atom is 0.317 e. The predicted molar refractivity (Wildman–Crippen MR) is 101 cm³/mol. The highest BCUT2D eigenvalue weighted by molar-refractivity contribution is 5.78. The van der Waals surface area contributed by atoms with Crippen LogP contribution in [-0.2, 0) is 20.7 Å². The van der Waals surface area contributed by atoms with Crippen molar-refractivity contribution in [3.05, 3.63) is 41.7 Å². The van der Waals surface area contributed by atoms with Gasteiger partial charge in [-0.15, -0.1) is 5.10 Å². The van der Waals surface area contributed by atoms with E-state index >= 15 is 0 Å². The first-order chi connectivity index (χ1) is 13.4. The zero-order valence-corrected chi connectivity index (χ0v) is 16.1. The average molecular weight is 387 g/mol. The molecule has 1 atom stereocenters. The number of aliphatic carboxylic acids is 1. The molecule has 2 heterocycles. The lowest BCUT2D eigenvalue weighted by Crippen LogP contribution is -2.50. The maximum absolute atomic E-state index is 12.8. The summed E-state index contributed by atoms with van der Waals surface area (Å²) in [4.78, 5) is 27.0. The molecule has 0 aliphatic carbocycles. The summed E-state index contributed by atoms with van der Waals surface area (Å²) in [7, 11) is 1.73. The molecule has 1 N–H and O–H groups in total. The Morgan fingerprint density at radius 1 is 1.32 bits per heavy atom. The summed E-state index contributed by atoms with van der Waals surface area (Å²) < 4.78 is 7.41. The van der Waals surface area contributed by atoms with Crippen LogP contribution in [0.1, 0.15) is 11.4 Å². The van der Waals surface area contributed by atoms with Crippen molar-refractivity contribution in [1.29, 1.82) is 0 Å². The van der Waals surface area contributed by atoms with Gasteiger partial charge in [-0.2, -0.15) is 0 Å². The second kappa shape index (κ2) is 8.94. The van der Waals surface area contributed by atoms with Crippen molar-refractivity contribution in [1.82, 2.24) is 24.8 Å². The number of ether oxygens (including phenoxy) is 1. The number of carbonyl (C=O) groups excluding carboxylic acids is 1. The number of carbonyl (C=O) groups is 2. The van der Waals surface area contributed by atoms with E-state index in [9.17, 15) is 9.59 Å². The first kappa shape index (κ1) is 20.0. The van der Waals surface area contributed by atoms with E-state index in [0.717, 1.165) is 11.4 Å². The molecule has 0 saturated carbocycles. The number of likely N-dealkylation sites (N-methyl/N-ethyl adjacent to an activating group) is 1. The second-order valence-electron chi connectivity index (χ2n) is 6.97. The molecule has 0 bridgehead atoms. The molecule has 2 aromatic rings. The Balaban J connectivity index is 1.60. The van der Waals surface area contributed by atoms with Crippen LogP contribution in [0.15, 0.2) is 30.3 Å². The van der Waals surface area contributed by atoms with Gasteiger partial charge in [-0.25, -0.2) is 4.68 Å². The Hall–Kier alpha value is -2.78. The molecule has 1 fully saturated rings. The Kier molecular flexibility index (Phi) is 6.37. The van der Waals surface area contributed by atoms with Crippen LogP contribution in [0, 0.1) is 6.92 Å². The number of carboxylic acids is 1. The van der Waals surface area contributed by atoms with Crippen molar-refractivity contribution < 1.29 is 19.4 Å². The van der Waals surface area contributed by atoms with Crippen LogP contribution < -0.4 is 0 Å². The molecular weight excluding hydrogens is 362 g/mol. The van der Waals surface area contributed by atoms with Crippen molar-refractivity contribution in [2.45, 2.75) is 19.4 Å². The lowest BCUT2D eigenvalue weighted by Gasteiger charge is -2.34. The fourth-order valence-electron chi connectivity index (χ4n) is 3.29. The molecule has 1 aromatic heterocycles. The number of carboxylic acid groups (broad SMARTS) is 1. The zero-order valence-electron chi connectivity index (χ0n) is 16.1. The Bertz CT molecular complexity index is 823. The van der Waals surface area contributed by atoms with Crippen LogP contribution in [0.2, 0.25) is 0 Å². The quantitative estimate of drug-likeness (QED) is 0.732. The fourth-order valence-corrected chi connectivity index (χ4v) is 3.29. The normalized spacial score (nSPS) is 17.1.